The first kappa shape index (κ1) is 13.0. The minimum absolute atomic E-state index is 0.770. The molecule has 1 aromatic carbocycles. The molecule has 0 aliphatic heterocycles. The Morgan fingerprint density at radius 2 is 1.94 bits per heavy atom. The quantitative estimate of drug-likeness (QED) is 0.619. The zero-order valence-corrected chi connectivity index (χ0v) is 10.8. The molecule has 1 unspecified atom stereocenters. The average molecular weight is 215 g/mol. The van der Waals surface area contributed by atoms with E-state index in [4.69, 9.17) is 0 Å². The first-order chi connectivity index (χ1) is 7.65. The molecule has 0 spiro atoms. The molecule has 87 valence electrons. The summed E-state index contributed by atoms with van der Waals surface area (Å²) in [4.78, 5) is 0. The van der Waals surface area contributed by atoms with E-state index in [9.17, 15) is 0 Å². The van der Waals surface area contributed by atoms with Crippen molar-refractivity contribution in [1.29, 1.82) is 0 Å². The van der Waals surface area contributed by atoms with Crippen LogP contribution in [0.1, 0.15) is 44.7 Å². The highest BCUT2D eigenvalue weighted by molar-refractivity contribution is 5.24. The molecule has 1 atom stereocenters. The second kappa shape index (κ2) is 6.52. The summed E-state index contributed by atoms with van der Waals surface area (Å²) >= 11 is 0. The molecule has 0 aromatic heterocycles. The monoisotopic (exact) mass is 215 g/mol. The predicted octanol–water partition coefficient (Wildman–Crippen LogP) is 4.79. The summed E-state index contributed by atoms with van der Waals surface area (Å²) in [5.74, 6) is 0.770. The smallest absolute Gasteiger partial charge is 0.0238 e. The van der Waals surface area contributed by atoms with Crippen molar-refractivity contribution in [3.63, 3.8) is 0 Å². The third-order valence-electron chi connectivity index (χ3n) is 3.23. The van der Waals surface area contributed by atoms with E-state index in [2.05, 4.69) is 58.0 Å². The summed E-state index contributed by atoms with van der Waals surface area (Å²) in [6.45, 7) is 10.5. The highest BCUT2D eigenvalue weighted by Crippen LogP contribution is 2.20. The lowest BCUT2D eigenvalue weighted by Gasteiger charge is -2.15. The molecule has 0 nitrogen and oxygen atoms in total. The van der Waals surface area contributed by atoms with E-state index in [1.54, 1.807) is 0 Å². The summed E-state index contributed by atoms with van der Waals surface area (Å²) in [7, 11) is 0. The molecular formula is C16H23. The molecule has 0 aliphatic rings. The Kier molecular flexibility index (Phi) is 5.31. The highest BCUT2D eigenvalue weighted by Gasteiger charge is 2.07. The highest BCUT2D eigenvalue weighted by atomic mass is 14.1. The van der Waals surface area contributed by atoms with Crippen molar-refractivity contribution in [2.45, 2.75) is 40.0 Å². The zero-order chi connectivity index (χ0) is 12.0. The van der Waals surface area contributed by atoms with Crippen LogP contribution in [0.5, 0.6) is 0 Å². The van der Waals surface area contributed by atoms with Gasteiger partial charge in [0.1, 0.15) is 0 Å². The van der Waals surface area contributed by atoms with E-state index in [-0.39, 0.29) is 0 Å². The molecule has 0 bridgehead atoms. The van der Waals surface area contributed by atoms with E-state index >= 15 is 0 Å². The first-order valence-corrected chi connectivity index (χ1v) is 6.18. The van der Waals surface area contributed by atoms with Gasteiger partial charge < -0.3 is 0 Å². The van der Waals surface area contributed by atoms with Gasteiger partial charge in [0, 0.05) is 0 Å². The van der Waals surface area contributed by atoms with E-state index in [0.29, 0.717) is 0 Å². The van der Waals surface area contributed by atoms with Crippen LogP contribution in [0.25, 0.3) is 0 Å². The number of benzene rings is 1. The molecule has 0 fully saturated rings. The summed E-state index contributed by atoms with van der Waals surface area (Å²) in [5.41, 5.74) is 4.03. The maximum Gasteiger partial charge on any atom is -0.0238 e. The van der Waals surface area contributed by atoms with Gasteiger partial charge in [0.15, 0.2) is 0 Å². The van der Waals surface area contributed by atoms with Gasteiger partial charge in [-0.05, 0) is 50.7 Å². The molecule has 16 heavy (non-hydrogen) atoms. The summed E-state index contributed by atoms with van der Waals surface area (Å²) in [6.07, 6.45) is 5.88. The van der Waals surface area contributed by atoms with Gasteiger partial charge >= 0.3 is 0 Å². The number of hydrogen-bond acceptors (Lipinski definition) is 0. The molecule has 0 aliphatic carbocycles. The molecule has 1 rings (SSSR count). The normalized spacial score (nSPS) is 13.9. The third-order valence-corrected chi connectivity index (χ3v) is 3.23. The van der Waals surface area contributed by atoms with Gasteiger partial charge in [-0.15, -0.1) is 0 Å². The van der Waals surface area contributed by atoms with Crippen molar-refractivity contribution in [3.8, 4) is 0 Å². The van der Waals surface area contributed by atoms with E-state index in [0.717, 1.165) is 11.5 Å². The van der Waals surface area contributed by atoms with E-state index < -0.39 is 0 Å². The Morgan fingerprint density at radius 1 is 1.31 bits per heavy atom. The van der Waals surface area contributed by atoms with Crippen LogP contribution in [0.2, 0.25) is 0 Å². The van der Waals surface area contributed by atoms with Crippen molar-refractivity contribution >= 4 is 0 Å². The topological polar surface area (TPSA) is 0 Å². The molecule has 0 N–H and O–H groups in total. The first-order valence-electron chi connectivity index (χ1n) is 6.18. The predicted molar refractivity (Wildman–Crippen MR) is 72.4 cm³/mol. The van der Waals surface area contributed by atoms with E-state index in [1.807, 2.05) is 0 Å². The third kappa shape index (κ3) is 4.22. The second-order valence-corrected chi connectivity index (χ2v) is 4.63. The van der Waals surface area contributed by atoms with Crippen molar-refractivity contribution in [1.82, 2.24) is 0 Å². The lowest BCUT2D eigenvalue weighted by atomic mass is 9.90. The van der Waals surface area contributed by atoms with Crippen LogP contribution in [-0.2, 0) is 6.42 Å². The lowest BCUT2D eigenvalue weighted by molar-refractivity contribution is 0.502. The van der Waals surface area contributed by atoms with Crippen LogP contribution in [0.15, 0.2) is 35.9 Å². The number of hydrogen-bond donors (Lipinski definition) is 0. The fourth-order valence-corrected chi connectivity index (χ4v) is 1.94. The molecule has 0 heteroatoms. The standard InChI is InChI=1S/C16H23/c1-5-13(3)11-15(6-2)12-16-9-7-14(4)8-10-16/h5,7-10,15H,4,6,11-12H2,1-3H3/b13-5+. The molecule has 1 aromatic rings. The van der Waals surface area contributed by atoms with Crippen LogP contribution in [-0.4, -0.2) is 0 Å². The van der Waals surface area contributed by atoms with Gasteiger partial charge in [-0.1, -0.05) is 49.3 Å². The molecule has 1 radical (unpaired) electrons. The van der Waals surface area contributed by atoms with E-state index in [1.165, 1.54) is 30.4 Å². The van der Waals surface area contributed by atoms with Gasteiger partial charge in [-0.3, -0.25) is 0 Å². The minimum atomic E-state index is 0.770. The maximum atomic E-state index is 3.91. The minimum Gasteiger partial charge on any atom is -0.0887 e. The maximum absolute atomic E-state index is 3.91. The lowest BCUT2D eigenvalue weighted by Crippen LogP contribution is -2.04. The fraction of sp³-hybridized carbons (Fsp3) is 0.438. The number of rotatable bonds is 5. The van der Waals surface area contributed by atoms with Crippen LogP contribution in [0.3, 0.4) is 0 Å². The van der Waals surface area contributed by atoms with Crippen molar-refractivity contribution in [3.05, 3.63) is 54.0 Å². The zero-order valence-electron chi connectivity index (χ0n) is 10.8. The van der Waals surface area contributed by atoms with Crippen molar-refractivity contribution in [2.75, 3.05) is 0 Å². The fourth-order valence-electron chi connectivity index (χ4n) is 1.94. The Morgan fingerprint density at radius 3 is 2.44 bits per heavy atom. The Bertz CT molecular complexity index is 330. The Hall–Kier alpha value is -1.04. The van der Waals surface area contributed by atoms with Gasteiger partial charge in [-0.2, -0.15) is 0 Å². The summed E-state index contributed by atoms with van der Waals surface area (Å²) in [5, 5.41) is 0. The van der Waals surface area contributed by atoms with Crippen LogP contribution < -0.4 is 0 Å². The molecular weight excluding hydrogens is 192 g/mol. The van der Waals surface area contributed by atoms with Gasteiger partial charge in [0.25, 0.3) is 0 Å². The molecule has 0 amide bonds. The van der Waals surface area contributed by atoms with Crippen LogP contribution in [0, 0.1) is 12.8 Å². The Balaban J connectivity index is 2.59. The molecule has 0 saturated carbocycles. The van der Waals surface area contributed by atoms with Crippen LogP contribution >= 0.6 is 0 Å². The molecule has 0 heterocycles. The van der Waals surface area contributed by atoms with Gasteiger partial charge in [-0.25, -0.2) is 0 Å². The SMILES string of the molecule is [CH2]c1ccc(CC(CC)C/C(C)=C/C)cc1. The largest absolute Gasteiger partial charge is 0.0887 e. The molecule has 0 saturated heterocycles. The summed E-state index contributed by atoms with van der Waals surface area (Å²) in [6, 6.07) is 8.61. The average Bonchev–Trinajstić information content (AvgIpc) is 2.30. The summed E-state index contributed by atoms with van der Waals surface area (Å²) < 4.78 is 0. The second-order valence-electron chi connectivity index (χ2n) is 4.63. The number of allylic oxidation sites excluding steroid dienone is 2. The van der Waals surface area contributed by atoms with Gasteiger partial charge in [0.05, 0.1) is 0 Å². The van der Waals surface area contributed by atoms with Crippen molar-refractivity contribution < 1.29 is 0 Å². The Labute approximate surface area is 100 Å². The van der Waals surface area contributed by atoms with Crippen LogP contribution in [0.4, 0.5) is 0 Å². The van der Waals surface area contributed by atoms with Crippen molar-refractivity contribution in [2.24, 2.45) is 5.92 Å². The van der Waals surface area contributed by atoms with Gasteiger partial charge in [0.2, 0.25) is 0 Å².